The van der Waals surface area contributed by atoms with E-state index in [1.165, 1.54) is 32.2 Å². The van der Waals surface area contributed by atoms with Gasteiger partial charge in [-0.25, -0.2) is 0 Å². The molecular formula is C13H26N2O. The second-order valence-electron chi connectivity index (χ2n) is 5.18. The Morgan fingerprint density at radius 3 is 2.88 bits per heavy atom. The number of hydrogen-bond acceptors (Lipinski definition) is 3. The molecule has 1 heterocycles. The van der Waals surface area contributed by atoms with Gasteiger partial charge >= 0.3 is 0 Å². The predicted molar refractivity (Wildman–Crippen MR) is 66.7 cm³/mol. The smallest absolute Gasteiger partial charge is 0.0634 e. The van der Waals surface area contributed by atoms with Gasteiger partial charge in [0.05, 0.1) is 13.2 Å². The molecule has 1 saturated carbocycles. The first-order valence-electron chi connectivity index (χ1n) is 6.92. The maximum atomic E-state index is 5.59. The van der Waals surface area contributed by atoms with Crippen molar-refractivity contribution >= 4 is 0 Å². The molecule has 0 spiro atoms. The average molecular weight is 226 g/mol. The van der Waals surface area contributed by atoms with E-state index in [0.29, 0.717) is 6.04 Å². The average Bonchev–Trinajstić information content (AvgIpc) is 2.81. The Morgan fingerprint density at radius 2 is 2.12 bits per heavy atom. The fourth-order valence-corrected chi connectivity index (χ4v) is 2.95. The highest BCUT2D eigenvalue weighted by Crippen LogP contribution is 2.26. The van der Waals surface area contributed by atoms with E-state index in [0.717, 1.165) is 38.8 Å². The first-order chi connectivity index (χ1) is 7.90. The fraction of sp³-hybridized carbons (Fsp3) is 1.00. The molecule has 0 radical (unpaired) electrons. The molecule has 3 heteroatoms. The third-order valence-corrected chi connectivity index (χ3v) is 3.95. The van der Waals surface area contributed by atoms with Gasteiger partial charge in [-0.05, 0) is 25.3 Å². The third-order valence-electron chi connectivity index (χ3n) is 3.95. The second kappa shape index (κ2) is 6.58. The van der Waals surface area contributed by atoms with Crippen LogP contribution < -0.4 is 5.32 Å². The molecular weight excluding hydrogens is 200 g/mol. The summed E-state index contributed by atoms with van der Waals surface area (Å²) in [5.41, 5.74) is 0. The number of morpholine rings is 1. The zero-order chi connectivity index (χ0) is 11.2. The van der Waals surface area contributed by atoms with Crippen LogP contribution in [0.15, 0.2) is 0 Å². The summed E-state index contributed by atoms with van der Waals surface area (Å²) in [4.78, 5) is 2.65. The standard InChI is InChI=1S/C13H26N2O/c1-2-14-9-13-11-16-8-7-15(13)10-12-5-3-4-6-12/h12-14H,2-11H2,1H3. The Hall–Kier alpha value is -0.120. The summed E-state index contributed by atoms with van der Waals surface area (Å²) >= 11 is 0. The lowest BCUT2D eigenvalue weighted by atomic mass is 10.1. The summed E-state index contributed by atoms with van der Waals surface area (Å²) < 4.78 is 5.59. The summed E-state index contributed by atoms with van der Waals surface area (Å²) in [6, 6.07) is 0.606. The highest BCUT2D eigenvalue weighted by atomic mass is 16.5. The molecule has 1 unspecified atom stereocenters. The van der Waals surface area contributed by atoms with Crippen molar-refractivity contribution in [1.29, 1.82) is 0 Å². The van der Waals surface area contributed by atoms with Gasteiger partial charge in [-0.3, -0.25) is 4.90 Å². The zero-order valence-corrected chi connectivity index (χ0v) is 10.6. The molecule has 1 aliphatic heterocycles. The zero-order valence-electron chi connectivity index (χ0n) is 10.6. The van der Waals surface area contributed by atoms with Crippen molar-refractivity contribution in [1.82, 2.24) is 10.2 Å². The van der Waals surface area contributed by atoms with E-state index >= 15 is 0 Å². The summed E-state index contributed by atoms with van der Waals surface area (Å²) in [6.45, 7) is 8.60. The lowest BCUT2D eigenvalue weighted by Crippen LogP contribution is -2.51. The molecule has 1 atom stereocenters. The topological polar surface area (TPSA) is 24.5 Å². The Bertz CT molecular complexity index is 192. The lowest BCUT2D eigenvalue weighted by molar-refractivity contribution is -0.0130. The fourth-order valence-electron chi connectivity index (χ4n) is 2.95. The van der Waals surface area contributed by atoms with Crippen LogP contribution in [0.2, 0.25) is 0 Å². The normalized spacial score (nSPS) is 28.7. The van der Waals surface area contributed by atoms with Crippen molar-refractivity contribution in [2.45, 2.75) is 38.6 Å². The minimum atomic E-state index is 0.606. The molecule has 2 aliphatic rings. The number of nitrogens with zero attached hydrogens (tertiary/aromatic N) is 1. The van der Waals surface area contributed by atoms with Gasteiger partial charge < -0.3 is 10.1 Å². The van der Waals surface area contributed by atoms with Crippen molar-refractivity contribution < 1.29 is 4.74 Å². The van der Waals surface area contributed by atoms with Gasteiger partial charge in [-0.2, -0.15) is 0 Å². The molecule has 2 rings (SSSR count). The van der Waals surface area contributed by atoms with Crippen LogP contribution in [0.3, 0.4) is 0 Å². The van der Waals surface area contributed by atoms with E-state index in [1.807, 2.05) is 0 Å². The predicted octanol–water partition coefficient (Wildman–Crippen LogP) is 1.49. The van der Waals surface area contributed by atoms with Gasteiger partial charge in [-0.1, -0.05) is 19.8 Å². The third kappa shape index (κ3) is 3.44. The number of likely N-dealkylation sites (N-methyl/N-ethyl adjacent to an activating group) is 1. The SMILES string of the molecule is CCNCC1COCCN1CC1CCCC1. The van der Waals surface area contributed by atoms with Crippen molar-refractivity contribution in [2.24, 2.45) is 5.92 Å². The van der Waals surface area contributed by atoms with Crippen LogP contribution >= 0.6 is 0 Å². The first kappa shape index (κ1) is 12.3. The molecule has 0 aromatic rings. The monoisotopic (exact) mass is 226 g/mol. The largest absolute Gasteiger partial charge is 0.378 e. The maximum Gasteiger partial charge on any atom is 0.0634 e. The van der Waals surface area contributed by atoms with E-state index in [2.05, 4.69) is 17.1 Å². The van der Waals surface area contributed by atoms with E-state index in [-0.39, 0.29) is 0 Å². The number of nitrogens with one attached hydrogen (secondary N) is 1. The van der Waals surface area contributed by atoms with E-state index in [4.69, 9.17) is 4.74 Å². The first-order valence-corrected chi connectivity index (χ1v) is 6.92. The number of ether oxygens (including phenoxy) is 1. The highest BCUT2D eigenvalue weighted by molar-refractivity contribution is 4.80. The van der Waals surface area contributed by atoms with Crippen molar-refractivity contribution in [2.75, 3.05) is 39.4 Å². The van der Waals surface area contributed by atoms with Crippen LogP contribution in [0.25, 0.3) is 0 Å². The molecule has 0 aromatic carbocycles. The minimum absolute atomic E-state index is 0.606. The van der Waals surface area contributed by atoms with Crippen LogP contribution in [0.4, 0.5) is 0 Å². The lowest BCUT2D eigenvalue weighted by Gasteiger charge is -2.37. The molecule has 0 aromatic heterocycles. The summed E-state index contributed by atoms with van der Waals surface area (Å²) in [7, 11) is 0. The van der Waals surface area contributed by atoms with E-state index in [9.17, 15) is 0 Å². The molecule has 0 amide bonds. The molecule has 94 valence electrons. The van der Waals surface area contributed by atoms with Crippen LogP contribution in [0.1, 0.15) is 32.6 Å². The Balaban J connectivity index is 1.78. The number of rotatable bonds is 5. The van der Waals surface area contributed by atoms with Gasteiger partial charge in [0.25, 0.3) is 0 Å². The van der Waals surface area contributed by atoms with Gasteiger partial charge in [0, 0.05) is 25.7 Å². The van der Waals surface area contributed by atoms with Crippen LogP contribution in [-0.2, 0) is 4.74 Å². The summed E-state index contributed by atoms with van der Waals surface area (Å²) in [5, 5.41) is 3.45. The quantitative estimate of drug-likeness (QED) is 0.768. The molecule has 1 saturated heterocycles. The maximum absolute atomic E-state index is 5.59. The van der Waals surface area contributed by atoms with E-state index in [1.54, 1.807) is 0 Å². The van der Waals surface area contributed by atoms with Crippen molar-refractivity contribution in [3.05, 3.63) is 0 Å². The Morgan fingerprint density at radius 1 is 1.31 bits per heavy atom. The van der Waals surface area contributed by atoms with E-state index < -0.39 is 0 Å². The van der Waals surface area contributed by atoms with Crippen molar-refractivity contribution in [3.63, 3.8) is 0 Å². The molecule has 3 nitrogen and oxygen atoms in total. The molecule has 0 bridgehead atoms. The van der Waals surface area contributed by atoms with Gasteiger partial charge in [-0.15, -0.1) is 0 Å². The Kier molecular flexibility index (Phi) is 5.07. The molecule has 1 aliphatic carbocycles. The molecule has 16 heavy (non-hydrogen) atoms. The van der Waals surface area contributed by atoms with Crippen LogP contribution in [0.5, 0.6) is 0 Å². The summed E-state index contributed by atoms with van der Waals surface area (Å²) in [5.74, 6) is 0.960. The number of hydrogen-bond donors (Lipinski definition) is 1. The second-order valence-corrected chi connectivity index (χ2v) is 5.18. The van der Waals surface area contributed by atoms with Gasteiger partial charge in [0.15, 0.2) is 0 Å². The van der Waals surface area contributed by atoms with Gasteiger partial charge in [0.1, 0.15) is 0 Å². The van der Waals surface area contributed by atoms with Gasteiger partial charge in [0.2, 0.25) is 0 Å². The minimum Gasteiger partial charge on any atom is -0.378 e. The molecule has 2 fully saturated rings. The van der Waals surface area contributed by atoms with Crippen LogP contribution in [-0.4, -0.2) is 50.3 Å². The van der Waals surface area contributed by atoms with Crippen LogP contribution in [0, 0.1) is 5.92 Å². The molecule has 1 N–H and O–H groups in total. The highest BCUT2D eigenvalue weighted by Gasteiger charge is 2.26. The summed E-state index contributed by atoms with van der Waals surface area (Å²) in [6.07, 6.45) is 5.80. The Labute approximate surface area is 99.5 Å². The van der Waals surface area contributed by atoms with Crippen molar-refractivity contribution in [3.8, 4) is 0 Å².